The smallest absolute Gasteiger partial charge is 0.326 e. The van der Waals surface area contributed by atoms with Gasteiger partial charge in [0.15, 0.2) is 0 Å². The fraction of sp³-hybridized carbons (Fsp3) is 0.455. The van der Waals surface area contributed by atoms with Crippen molar-refractivity contribution in [3.8, 4) is 0 Å². The highest BCUT2D eigenvalue weighted by molar-refractivity contribution is 7.09. The van der Waals surface area contributed by atoms with Crippen LogP contribution in [-0.2, 0) is 16.1 Å². The molecule has 1 amide bonds. The monoisotopic (exact) mass is 239 g/mol. The Morgan fingerprint density at radius 1 is 1.62 bits per heavy atom. The van der Waals surface area contributed by atoms with E-state index in [-0.39, 0.29) is 5.91 Å². The van der Waals surface area contributed by atoms with Crippen molar-refractivity contribution in [1.29, 1.82) is 0 Å². The van der Waals surface area contributed by atoms with Crippen LogP contribution < -0.4 is 0 Å². The van der Waals surface area contributed by atoms with Crippen molar-refractivity contribution in [2.24, 2.45) is 0 Å². The van der Waals surface area contributed by atoms with Crippen LogP contribution >= 0.6 is 11.3 Å². The molecule has 1 aromatic heterocycles. The first-order valence-corrected chi connectivity index (χ1v) is 6.11. The van der Waals surface area contributed by atoms with Crippen molar-refractivity contribution >= 4 is 23.2 Å². The van der Waals surface area contributed by atoms with Gasteiger partial charge in [0.25, 0.3) is 0 Å². The Morgan fingerprint density at radius 3 is 3.06 bits per heavy atom. The fourth-order valence-electron chi connectivity index (χ4n) is 1.95. The van der Waals surface area contributed by atoms with Crippen molar-refractivity contribution in [2.75, 3.05) is 0 Å². The summed E-state index contributed by atoms with van der Waals surface area (Å²) in [6, 6.07) is 3.18. The second kappa shape index (κ2) is 4.65. The van der Waals surface area contributed by atoms with Crippen molar-refractivity contribution < 1.29 is 14.7 Å². The quantitative estimate of drug-likeness (QED) is 0.873. The molecule has 0 spiro atoms. The van der Waals surface area contributed by atoms with Gasteiger partial charge in [0.1, 0.15) is 6.04 Å². The lowest BCUT2D eigenvalue weighted by molar-refractivity contribution is -0.153. The maximum absolute atomic E-state index is 11.7. The van der Waals surface area contributed by atoms with Gasteiger partial charge >= 0.3 is 5.97 Å². The Hall–Kier alpha value is -1.36. The number of piperidine rings is 1. The summed E-state index contributed by atoms with van der Waals surface area (Å²) in [7, 11) is 0. The number of rotatable bonds is 3. The van der Waals surface area contributed by atoms with E-state index in [4.69, 9.17) is 5.11 Å². The molecule has 0 aromatic carbocycles. The zero-order valence-electron chi connectivity index (χ0n) is 8.76. The molecule has 0 bridgehead atoms. The van der Waals surface area contributed by atoms with E-state index < -0.39 is 12.0 Å². The maximum Gasteiger partial charge on any atom is 0.326 e. The number of carbonyl (C=O) groups is 2. The lowest BCUT2D eigenvalue weighted by atomic mass is 10.0. The molecular formula is C11H13NO3S. The standard InChI is InChI=1S/C11H13NO3S/c13-10-5-1-4-9(11(14)15)12(10)7-8-3-2-6-16-8/h2-3,6,9H,1,4-5,7H2,(H,14,15). The number of nitrogens with zero attached hydrogens (tertiary/aromatic N) is 1. The first-order valence-electron chi connectivity index (χ1n) is 5.23. The van der Waals surface area contributed by atoms with Crippen LogP contribution in [0.3, 0.4) is 0 Å². The van der Waals surface area contributed by atoms with E-state index in [0.717, 1.165) is 4.88 Å². The highest BCUT2D eigenvalue weighted by Gasteiger charge is 2.32. The van der Waals surface area contributed by atoms with Gasteiger partial charge in [-0.15, -0.1) is 11.3 Å². The molecule has 1 saturated heterocycles. The summed E-state index contributed by atoms with van der Waals surface area (Å²) in [5.74, 6) is -0.948. The molecule has 0 radical (unpaired) electrons. The molecule has 4 nitrogen and oxygen atoms in total. The lowest BCUT2D eigenvalue weighted by Crippen LogP contribution is -2.47. The SMILES string of the molecule is O=C(O)C1CCCC(=O)N1Cc1cccs1. The molecule has 5 heteroatoms. The van der Waals surface area contributed by atoms with Crippen LogP contribution in [0.2, 0.25) is 0 Å². The normalized spacial score (nSPS) is 21.1. The van der Waals surface area contributed by atoms with Crippen LogP contribution in [0.4, 0.5) is 0 Å². The van der Waals surface area contributed by atoms with Crippen LogP contribution in [0, 0.1) is 0 Å². The first kappa shape index (κ1) is 11.1. The van der Waals surface area contributed by atoms with Crippen molar-refractivity contribution in [3.05, 3.63) is 22.4 Å². The molecule has 86 valence electrons. The summed E-state index contributed by atoms with van der Waals surface area (Å²) in [5.41, 5.74) is 0. The lowest BCUT2D eigenvalue weighted by Gasteiger charge is -2.32. The number of carboxylic acids is 1. The summed E-state index contributed by atoms with van der Waals surface area (Å²) in [4.78, 5) is 25.3. The van der Waals surface area contributed by atoms with Gasteiger partial charge in [0.05, 0.1) is 6.54 Å². The topological polar surface area (TPSA) is 57.6 Å². The third kappa shape index (κ3) is 2.24. The Bertz CT molecular complexity index is 388. The van der Waals surface area contributed by atoms with Gasteiger partial charge in [0, 0.05) is 11.3 Å². The Morgan fingerprint density at radius 2 is 2.44 bits per heavy atom. The number of thiophene rings is 1. The van der Waals surface area contributed by atoms with Crippen LogP contribution in [0.15, 0.2) is 17.5 Å². The summed E-state index contributed by atoms with van der Waals surface area (Å²) >= 11 is 1.55. The third-order valence-corrected chi connectivity index (χ3v) is 3.62. The minimum atomic E-state index is -0.899. The van der Waals surface area contributed by atoms with Crippen LogP contribution in [0.1, 0.15) is 24.1 Å². The second-order valence-corrected chi connectivity index (χ2v) is 4.88. The van der Waals surface area contributed by atoms with Crippen molar-refractivity contribution in [1.82, 2.24) is 4.90 Å². The predicted molar refractivity (Wildman–Crippen MR) is 60.1 cm³/mol. The summed E-state index contributed by atoms with van der Waals surface area (Å²) in [6.07, 6.45) is 1.71. The van der Waals surface area contributed by atoms with Crippen LogP contribution in [0.5, 0.6) is 0 Å². The summed E-state index contributed by atoms with van der Waals surface area (Å²) in [5, 5.41) is 11.0. The Labute approximate surface area is 97.5 Å². The molecule has 0 aliphatic carbocycles. The molecule has 1 N–H and O–H groups in total. The number of hydrogen-bond donors (Lipinski definition) is 1. The average molecular weight is 239 g/mol. The molecule has 1 aliphatic rings. The highest BCUT2D eigenvalue weighted by Crippen LogP contribution is 2.22. The van der Waals surface area contributed by atoms with Crippen LogP contribution in [-0.4, -0.2) is 27.9 Å². The zero-order chi connectivity index (χ0) is 11.5. The van der Waals surface area contributed by atoms with Crippen molar-refractivity contribution in [2.45, 2.75) is 31.8 Å². The largest absolute Gasteiger partial charge is 0.480 e. The van der Waals surface area contributed by atoms with E-state index in [0.29, 0.717) is 25.8 Å². The minimum Gasteiger partial charge on any atom is -0.480 e. The molecular weight excluding hydrogens is 226 g/mol. The van der Waals surface area contributed by atoms with Gasteiger partial charge in [0.2, 0.25) is 5.91 Å². The molecule has 1 aromatic rings. The molecule has 2 rings (SSSR count). The van der Waals surface area contributed by atoms with Gasteiger partial charge < -0.3 is 10.0 Å². The molecule has 0 saturated carbocycles. The third-order valence-electron chi connectivity index (χ3n) is 2.76. The molecule has 2 heterocycles. The molecule has 16 heavy (non-hydrogen) atoms. The van der Waals surface area contributed by atoms with Crippen molar-refractivity contribution in [3.63, 3.8) is 0 Å². The van der Waals surface area contributed by atoms with Gasteiger partial charge in [-0.2, -0.15) is 0 Å². The van der Waals surface area contributed by atoms with E-state index in [1.807, 2.05) is 17.5 Å². The number of amides is 1. The van der Waals surface area contributed by atoms with E-state index in [1.54, 1.807) is 11.3 Å². The molecule has 1 aliphatic heterocycles. The van der Waals surface area contributed by atoms with Gasteiger partial charge in [-0.3, -0.25) is 4.79 Å². The average Bonchev–Trinajstić information content (AvgIpc) is 2.73. The first-order chi connectivity index (χ1) is 7.68. The number of aliphatic carboxylic acids is 1. The van der Waals surface area contributed by atoms with Gasteiger partial charge in [-0.25, -0.2) is 4.79 Å². The predicted octanol–water partition coefficient (Wildman–Crippen LogP) is 1.71. The maximum atomic E-state index is 11.7. The fourth-order valence-corrected chi connectivity index (χ4v) is 2.65. The Balaban J connectivity index is 2.13. The second-order valence-electron chi connectivity index (χ2n) is 3.85. The molecule has 1 fully saturated rings. The number of carbonyl (C=O) groups excluding carboxylic acids is 1. The van der Waals surface area contributed by atoms with Crippen LogP contribution in [0.25, 0.3) is 0 Å². The summed E-state index contributed by atoms with van der Waals surface area (Å²) < 4.78 is 0. The van der Waals surface area contributed by atoms with E-state index >= 15 is 0 Å². The van der Waals surface area contributed by atoms with Gasteiger partial charge in [-0.1, -0.05) is 6.07 Å². The number of likely N-dealkylation sites (tertiary alicyclic amines) is 1. The van der Waals surface area contributed by atoms with Gasteiger partial charge in [-0.05, 0) is 24.3 Å². The molecule has 1 unspecified atom stereocenters. The number of hydrogen-bond acceptors (Lipinski definition) is 3. The Kier molecular flexibility index (Phi) is 3.24. The van der Waals surface area contributed by atoms with E-state index in [2.05, 4.69) is 0 Å². The molecule has 1 atom stereocenters. The zero-order valence-corrected chi connectivity index (χ0v) is 9.57. The highest BCUT2D eigenvalue weighted by atomic mass is 32.1. The summed E-state index contributed by atoms with van der Waals surface area (Å²) in [6.45, 7) is 0.424. The van der Waals surface area contributed by atoms with E-state index in [1.165, 1.54) is 4.90 Å². The van der Waals surface area contributed by atoms with E-state index in [9.17, 15) is 9.59 Å². The minimum absolute atomic E-state index is 0.0490. The number of carboxylic acid groups (broad SMARTS) is 1.